The third-order valence-corrected chi connectivity index (χ3v) is 6.71. The first-order chi connectivity index (χ1) is 20.5. The number of nitrogens with zero attached hydrogens (tertiary/aromatic N) is 6. The van der Waals surface area contributed by atoms with Crippen LogP contribution >= 0.6 is 0 Å². The number of aromatic nitrogens is 4. The Labute approximate surface area is 244 Å². The quantitative estimate of drug-likeness (QED) is 0.321. The number of carbonyl (C=O) groups excluding carboxylic acids is 2. The van der Waals surface area contributed by atoms with Gasteiger partial charge in [0.15, 0.2) is 0 Å². The number of amides is 3. The number of nitrogens with two attached hydrogens (primary N) is 1. The molecule has 14 heteroatoms. The van der Waals surface area contributed by atoms with Gasteiger partial charge >= 0.3 is 6.03 Å². The van der Waals surface area contributed by atoms with E-state index in [9.17, 15) is 27.2 Å². The molecule has 1 aliphatic heterocycles. The van der Waals surface area contributed by atoms with Gasteiger partial charge in [-0.15, -0.1) is 0 Å². The minimum atomic E-state index is -0.690. The van der Waals surface area contributed by atoms with Gasteiger partial charge in [-0.1, -0.05) is 0 Å². The van der Waals surface area contributed by atoms with Gasteiger partial charge in [0.25, 0.3) is 0 Å². The van der Waals surface area contributed by atoms with Crippen LogP contribution in [0.2, 0.25) is 0 Å². The zero-order chi connectivity index (χ0) is 31.1. The molecule has 5 rings (SSSR count). The van der Waals surface area contributed by atoms with Gasteiger partial charge in [0.2, 0.25) is 17.8 Å². The lowest BCUT2D eigenvalue weighted by molar-refractivity contribution is -0.130. The second kappa shape index (κ2) is 13.7. The van der Waals surface area contributed by atoms with Crippen LogP contribution in [0.25, 0.3) is 22.3 Å². The van der Waals surface area contributed by atoms with Crippen molar-refractivity contribution in [2.24, 2.45) is 0 Å². The van der Waals surface area contributed by atoms with Gasteiger partial charge in [0.05, 0.1) is 0 Å². The molecule has 2 aromatic carbocycles. The van der Waals surface area contributed by atoms with Gasteiger partial charge in [0.1, 0.15) is 23.3 Å². The van der Waals surface area contributed by atoms with Crippen molar-refractivity contribution < 1.29 is 27.2 Å². The van der Waals surface area contributed by atoms with Crippen LogP contribution < -0.4 is 11.1 Å². The first-order valence-corrected chi connectivity index (χ1v) is 13.1. The summed E-state index contributed by atoms with van der Waals surface area (Å²) >= 11 is 0. The van der Waals surface area contributed by atoms with E-state index in [4.69, 9.17) is 5.73 Å². The Balaban J connectivity index is 0.000000237. The highest BCUT2D eigenvalue weighted by molar-refractivity contribution is 5.87. The Morgan fingerprint density at radius 1 is 0.767 bits per heavy atom. The molecule has 0 aliphatic carbocycles. The molecule has 10 nitrogen and oxygen atoms in total. The summed E-state index contributed by atoms with van der Waals surface area (Å²) in [5, 5.41) is 2.61. The molecule has 224 valence electrons. The normalized spacial score (nSPS) is 13.1. The SMILES string of the molecule is CC(=O)N1CCC(N(C)C(=O)Nc2ncc(-c3cc(F)cc(F)c3)cn2)CC1.Nc1ncc(-c2cc(F)cc(F)c2)cn1. The summed E-state index contributed by atoms with van der Waals surface area (Å²) < 4.78 is 52.4. The lowest BCUT2D eigenvalue weighted by atomic mass is 10.0. The van der Waals surface area contributed by atoms with Crippen LogP contribution in [0.4, 0.5) is 34.3 Å². The molecule has 0 atom stereocenters. The first-order valence-electron chi connectivity index (χ1n) is 13.1. The van der Waals surface area contributed by atoms with Crippen LogP contribution in [0, 0.1) is 23.3 Å². The monoisotopic (exact) mass is 596 g/mol. The molecule has 43 heavy (non-hydrogen) atoms. The summed E-state index contributed by atoms with van der Waals surface area (Å²) in [5.74, 6) is -2.40. The second-order valence-corrected chi connectivity index (χ2v) is 9.72. The largest absolute Gasteiger partial charge is 0.368 e. The Hall–Kier alpha value is -5.14. The van der Waals surface area contributed by atoms with E-state index < -0.39 is 23.3 Å². The topological polar surface area (TPSA) is 130 Å². The number of urea groups is 1. The van der Waals surface area contributed by atoms with E-state index in [2.05, 4.69) is 25.3 Å². The van der Waals surface area contributed by atoms with Crippen LogP contribution in [0.3, 0.4) is 0 Å². The average Bonchev–Trinajstić information content (AvgIpc) is 2.97. The number of carbonyl (C=O) groups is 2. The molecule has 0 radical (unpaired) electrons. The van der Waals surface area contributed by atoms with Crippen molar-refractivity contribution in [1.82, 2.24) is 29.7 Å². The highest BCUT2D eigenvalue weighted by Crippen LogP contribution is 2.22. The number of nitrogen functional groups attached to an aromatic ring is 1. The molecule has 0 unspecified atom stereocenters. The fourth-order valence-electron chi connectivity index (χ4n) is 4.39. The van der Waals surface area contributed by atoms with E-state index in [-0.39, 0.29) is 29.9 Å². The van der Waals surface area contributed by atoms with Crippen LogP contribution in [0.5, 0.6) is 0 Å². The van der Waals surface area contributed by atoms with Crippen molar-refractivity contribution in [3.8, 4) is 22.3 Å². The van der Waals surface area contributed by atoms with Crippen LogP contribution in [-0.4, -0.2) is 67.9 Å². The fraction of sp³-hybridized carbons (Fsp3) is 0.241. The van der Waals surface area contributed by atoms with Gasteiger partial charge in [-0.05, 0) is 48.2 Å². The molecule has 0 spiro atoms. The number of hydrogen-bond donors (Lipinski definition) is 2. The number of hydrogen-bond acceptors (Lipinski definition) is 7. The Morgan fingerprint density at radius 2 is 1.19 bits per heavy atom. The summed E-state index contributed by atoms with van der Waals surface area (Å²) in [6.45, 7) is 2.77. The van der Waals surface area contributed by atoms with E-state index in [0.717, 1.165) is 12.1 Å². The summed E-state index contributed by atoms with van der Waals surface area (Å²) in [6.07, 6.45) is 7.01. The third-order valence-electron chi connectivity index (χ3n) is 6.71. The number of rotatable bonds is 4. The lowest BCUT2D eigenvalue weighted by Gasteiger charge is -2.36. The number of piperidine rings is 1. The molecule has 0 saturated carbocycles. The molecule has 1 saturated heterocycles. The molecular weight excluding hydrogens is 568 g/mol. The molecule has 1 aliphatic rings. The second-order valence-electron chi connectivity index (χ2n) is 9.72. The van der Waals surface area contributed by atoms with E-state index in [1.165, 1.54) is 56.0 Å². The van der Waals surface area contributed by atoms with Crippen molar-refractivity contribution in [3.63, 3.8) is 0 Å². The van der Waals surface area contributed by atoms with Crippen molar-refractivity contribution in [3.05, 3.63) is 84.5 Å². The standard InChI is InChI=1S/C19H21F2N5O2.C10H7F2N3/c1-12(27)26-5-3-17(4-6-26)25(2)19(28)24-18-22-10-14(11-23-18)13-7-15(20)9-16(21)8-13;11-8-1-6(2-9(12)3-8)7-4-14-10(13)15-5-7/h7-11,17H,3-6H2,1-2H3,(H,22,23,24,28);1-5H,(H2,13,14,15). The van der Waals surface area contributed by atoms with E-state index in [1.807, 2.05) is 0 Å². The summed E-state index contributed by atoms with van der Waals surface area (Å²) in [4.78, 5) is 42.7. The van der Waals surface area contributed by atoms with Gasteiger partial charge in [-0.25, -0.2) is 42.3 Å². The zero-order valence-electron chi connectivity index (χ0n) is 23.3. The van der Waals surface area contributed by atoms with Gasteiger partial charge < -0.3 is 15.5 Å². The molecule has 3 amide bonds. The van der Waals surface area contributed by atoms with Crippen LogP contribution in [0.1, 0.15) is 19.8 Å². The number of likely N-dealkylation sites (tertiary alicyclic amines) is 1. The maximum absolute atomic E-state index is 13.3. The maximum Gasteiger partial charge on any atom is 0.324 e. The maximum atomic E-state index is 13.3. The molecule has 0 bridgehead atoms. The van der Waals surface area contributed by atoms with Crippen LogP contribution in [0.15, 0.2) is 61.2 Å². The number of halogens is 4. The van der Waals surface area contributed by atoms with Crippen molar-refractivity contribution in [2.45, 2.75) is 25.8 Å². The number of anilines is 2. The van der Waals surface area contributed by atoms with Gasteiger partial charge in [-0.3, -0.25) is 10.1 Å². The van der Waals surface area contributed by atoms with Crippen molar-refractivity contribution in [2.75, 3.05) is 31.2 Å². The Kier molecular flexibility index (Phi) is 9.80. The lowest BCUT2D eigenvalue weighted by Crippen LogP contribution is -2.48. The summed E-state index contributed by atoms with van der Waals surface area (Å²) in [7, 11) is 1.69. The average molecular weight is 597 g/mol. The third kappa shape index (κ3) is 8.44. The van der Waals surface area contributed by atoms with Gasteiger partial charge in [0, 0.05) is 81.1 Å². The summed E-state index contributed by atoms with van der Waals surface area (Å²) in [5.41, 5.74) is 6.93. The Bertz CT molecular complexity index is 1540. The minimum absolute atomic E-state index is 0.0187. The number of nitrogens with one attached hydrogen (secondary N) is 1. The molecule has 3 heterocycles. The summed E-state index contributed by atoms with van der Waals surface area (Å²) in [6, 6.07) is 6.03. The molecule has 4 aromatic rings. The van der Waals surface area contributed by atoms with Crippen molar-refractivity contribution in [1.29, 1.82) is 0 Å². The highest BCUT2D eigenvalue weighted by Gasteiger charge is 2.26. The highest BCUT2D eigenvalue weighted by atomic mass is 19.1. The molecule has 3 N–H and O–H groups in total. The number of benzene rings is 2. The van der Waals surface area contributed by atoms with Crippen LogP contribution in [-0.2, 0) is 4.79 Å². The minimum Gasteiger partial charge on any atom is -0.368 e. The first kappa shape index (κ1) is 30.8. The predicted molar refractivity (Wildman–Crippen MR) is 151 cm³/mol. The molecule has 1 fully saturated rings. The smallest absolute Gasteiger partial charge is 0.324 e. The van der Waals surface area contributed by atoms with E-state index in [0.29, 0.717) is 48.2 Å². The molecule has 2 aromatic heterocycles. The zero-order valence-corrected chi connectivity index (χ0v) is 23.3. The molecular formula is C29H28F4N8O2. The van der Waals surface area contributed by atoms with E-state index in [1.54, 1.807) is 16.8 Å². The van der Waals surface area contributed by atoms with Crippen molar-refractivity contribution >= 4 is 23.8 Å². The fourth-order valence-corrected chi connectivity index (χ4v) is 4.39. The predicted octanol–water partition coefficient (Wildman–Crippen LogP) is 4.90. The van der Waals surface area contributed by atoms with E-state index >= 15 is 0 Å². The Morgan fingerprint density at radius 3 is 1.60 bits per heavy atom. The van der Waals surface area contributed by atoms with Gasteiger partial charge in [-0.2, -0.15) is 0 Å².